The maximum absolute atomic E-state index is 12.2. The van der Waals surface area contributed by atoms with E-state index >= 15 is 0 Å². The van der Waals surface area contributed by atoms with E-state index in [1.807, 2.05) is 13.8 Å². The zero-order chi connectivity index (χ0) is 12.9. The quantitative estimate of drug-likeness (QED) is 0.799. The van der Waals surface area contributed by atoms with Crippen molar-refractivity contribution in [2.45, 2.75) is 51.5 Å². The molecule has 0 aliphatic heterocycles. The molecule has 1 heterocycles. The Bertz CT molecular complexity index is 484. The van der Waals surface area contributed by atoms with Crippen LogP contribution >= 0.6 is 11.3 Å². The number of nitrogens with two attached hydrogens (primary N) is 1. The molecular formula is C14H20N2OS. The van der Waals surface area contributed by atoms with Crippen LogP contribution in [0, 0.1) is 5.92 Å². The molecule has 0 saturated heterocycles. The van der Waals surface area contributed by atoms with Gasteiger partial charge in [0, 0.05) is 17.5 Å². The number of carbonyl (C=O) groups is 1. The van der Waals surface area contributed by atoms with Crippen LogP contribution in [0.4, 0.5) is 10.7 Å². The number of carbonyl (C=O) groups excluding carboxylic acids is 1. The predicted molar refractivity (Wildman–Crippen MR) is 76.5 cm³/mol. The smallest absolute Gasteiger partial charge is 0.177 e. The van der Waals surface area contributed by atoms with E-state index in [0.29, 0.717) is 12.0 Å². The number of anilines is 2. The van der Waals surface area contributed by atoms with Crippen molar-refractivity contribution in [2.75, 3.05) is 11.1 Å². The molecule has 0 bridgehead atoms. The number of thiophene rings is 1. The summed E-state index contributed by atoms with van der Waals surface area (Å²) >= 11 is 1.57. The first-order chi connectivity index (χ1) is 8.58. The molecule has 2 aliphatic carbocycles. The summed E-state index contributed by atoms with van der Waals surface area (Å²) in [5.41, 5.74) is 8.22. The molecule has 3 nitrogen and oxygen atoms in total. The molecule has 0 spiro atoms. The van der Waals surface area contributed by atoms with Crippen LogP contribution in [0.5, 0.6) is 0 Å². The van der Waals surface area contributed by atoms with E-state index in [1.165, 1.54) is 36.2 Å². The predicted octanol–water partition coefficient (Wildman–Crippen LogP) is 3.62. The molecular weight excluding hydrogens is 244 g/mol. The van der Waals surface area contributed by atoms with Crippen LogP contribution in [0.3, 0.4) is 0 Å². The lowest BCUT2D eigenvalue weighted by molar-refractivity contribution is 0.0944. The average Bonchev–Trinajstić information content (AvgIpc) is 3.19. The Labute approximate surface area is 112 Å². The minimum absolute atomic E-state index is 0.0202. The molecule has 1 aromatic rings. The second kappa shape index (κ2) is 4.26. The summed E-state index contributed by atoms with van der Waals surface area (Å²) in [4.78, 5) is 13.0. The molecule has 0 aromatic carbocycles. The van der Waals surface area contributed by atoms with Crippen molar-refractivity contribution < 1.29 is 4.79 Å². The van der Waals surface area contributed by atoms with Gasteiger partial charge in [-0.1, -0.05) is 13.8 Å². The fourth-order valence-corrected chi connectivity index (χ4v) is 3.57. The number of hydrogen-bond acceptors (Lipinski definition) is 4. The van der Waals surface area contributed by atoms with Crippen LogP contribution in [-0.4, -0.2) is 11.8 Å². The Morgan fingerprint density at radius 2 is 2.00 bits per heavy atom. The second-order valence-corrected chi connectivity index (χ2v) is 6.82. The van der Waals surface area contributed by atoms with E-state index in [1.54, 1.807) is 11.3 Å². The van der Waals surface area contributed by atoms with Crippen LogP contribution in [0.2, 0.25) is 0 Å². The minimum Gasteiger partial charge on any atom is -0.397 e. The molecule has 0 unspecified atom stereocenters. The van der Waals surface area contributed by atoms with Gasteiger partial charge in [0.2, 0.25) is 0 Å². The molecule has 3 rings (SSSR count). The number of ketones is 1. The zero-order valence-electron chi connectivity index (χ0n) is 11.0. The lowest BCUT2D eigenvalue weighted by Crippen LogP contribution is -2.08. The van der Waals surface area contributed by atoms with Gasteiger partial charge in [0.05, 0.1) is 15.6 Å². The van der Waals surface area contributed by atoms with Crippen LogP contribution in [-0.2, 0) is 0 Å². The summed E-state index contributed by atoms with van der Waals surface area (Å²) in [6, 6.07) is 0.613. The van der Waals surface area contributed by atoms with Crippen LogP contribution in [0.25, 0.3) is 0 Å². The van der Waals surface area contributed by atoms with Crippen LogP contribution < -0.4 is 11.1 Å². The van der Waals surface area contributed by atoms with E-state index in [0.717, 1.165) is 10.6 Å². The molecule has 98 valence electrons. The van der Waals surface area contributed by atoms with E-state index in [-0.39, 0.29) is 11.7 Å². The molecule has 2 saturated carbocycles. The molecule has 4 heteroatoms. The molecule has 1 aromatic heterocycles. The van der Waals surface area contributed by atoms with Gasteiger partial charge in [-0.25, -0.2) is 0 Å². The van der Waals surface area contributed by atoms with Crippen molar-refractivity contribution in [1.82, 2.24) is 0 Å². The minimum atomic E-state index is 0.0202. The summed E-state index contributed by atoms with van der Waals surface area (Å²) < 4.78 is 0. The van der Waals surface area contributed by atoms with Crippen molar-refractivity contribution in [2.24, 2.45) is 5.92 Å². The Kier molecular flexibility index (Phi) is 2.85. The molecule has 0 atom stereocenters. The average molecular weight is 264 g/mol. The Morgan fingerprint density at radius 1 is 1.33 bits per heavy atom. The van der Waals surface area contributed by atoms with Crippen molar-refractivity contribution >= 4 is 27.8 Å². The van der Waals surface area contributed by atoms with Gasteiger partial charge in [-0.2, -0.15) is 0 Å². The van der Waals surface area contributed by atoms with Crippen LogP contribution in [0.1, 0.15) is 60.7 Å². The van der Waals surface area contributed by atoms with Gasteiger partial charge in [0.1, 0.15) is 0 Å². The largest absolute Gasteiger partial charge is 0.397 e. The second-order valence-electron chi connectivity index (χ2n) is 5.80. The monoisotopic (exact) mass is 264 g/mol. The van der Waals surface area contributed by atoms with Crippen molar-refractivity contribution in [3.05, 3.63) is 10.4 Å². The van der Waals surface area contributed by atoms with Gasteiger partial charge in [0.25, 0.3) is 0 Å². The van der Waals surface area contributed by atoms with Gasteiger partial charge in [-0.05, 0) is 31.6 Å². The Hall–Kier alpha value is -1.03. The standard InChI is InChI=1S/C14H20N2OS/c1-7(2)12(17)13-11(15)10(8-3-4-8)14(18-13)16-9-5-6-9/h7-9,16H,3-6,15H2,1-2H3. The van der Waals surface area contributed by atoms with Crippen molar-refractivity contribution in [3.63, 3.8) is 0 Å². The number of nitrogen functional groups attached to an aromatic ring is 1. The zero-order valence-corrected chi connectivity index (χ0v) is 11.8. The summed E-state index contributed by atoms with van der Waals surface area (Å²) in [7, 11) is 0. The third-order valence-electron chi connectivity index (χ3n) is 3.63. The number of hydrogen-bond donors (Lipinski definition) is 2. The molecule has 18 heavy (non-hydrogen) atoms. The lowest BCUT2D eigenvalue weighted by Gasteiger charge is -2.05. The first-order valence-corrected chi connectivity index (χ1v) is 7.62. The Morgan fingerprint density at radius 3 is 2.50 bits per heavy atom. The molecule has 2 aliphatic rings. The molecule has 2 fully saturated rings. The number of rotatable bonds is 5. The lowest BCUT2D eigenvalue weighted by atomic mass is 10.0. The maximum Gasteiger partial charge on any atom is 0.177 e. The van der Waals surface area contributed by atoms with Gasteiger partial charge in [-0.15, -0.1) is 11.3 Å². The van der Waals surface area contributed by atoms with Gasteiger partial charge in [-0.3, -0.25) is 4.79 Å². The Balaban J connectivity index is 1.96. The highest BCUT2D eigenvalue weighted by Gasteiger charge is 2.34. The summed E-state index contributed by atoms with van der Waals surface area (Å²) in [5, 5.41) is 4.72. The van der Waals surface area contributed by atoms with E-state index in [2.05, 4.69) is 5.32 Å². The van der Waals surface area contributed by atoms with Crippen LogP contribution in [0.15, 0.2) is 0 Å². The molecule has 0 amide bonds. The maximum atomic E-state index is 12.2. The van der Waals surface area contributed by atoms with Gasteiger partial charge >= 0.3 is 0 Å². The first kappa shape index (κ1) is 12.0. The number of nitrogens with one attached hydrogen (secondary N) is 1. The molecule has 0 radical (unpaired) electrons. The normalized spacial score (nSPS) is 19.3. The third-order valence-corrected chi connectivity index (χ3v) is 4.80. The van der Waals surface area contributed by atoms with Gasteiger partial charge < -0.3 is 11.1 Å². The van der Waals surface area contributed by atoms with E-state index in [9.17, 15) is 4.79 Å². The fraction of sp³-hybridized carbons (Fsp3) is 0.643. The highest BCUT2D eigenvalue weighted by molar-refractivity contribution is 7.18. The molecule has 3 N–H and O–H groups in total. The first-order valence-electron chi connectivity index (χ1n) is 6.80. The highest BCUT2D eigenvalue weighted by Crippen LogP contribution is 2.51. The van der Waals surface area contributed by atoms with E-state index in [4.69, 9.17) is 5.73 Å². The SMILES string of the molecule is CC(C)C(=O)c1sc(NC2CC2)c(C2CC2)c1N. The van der Waals surface area contributed by atoms with E-state index < -0.39 is 0 Å². The fourth-order valence-electron chi connectivity index (χ4n) is 2.20. The van der Waals surface area contributed by atoms with Crippen molar-refractivity contribution in [1.29, 1.82) is 0 Å². The summed E-state index contributed by atoms with van der Waals surface area (Å²) in [6.45, 7) is 3.87. The van der Waals surface area contributed by atoms with Crippen molar-refractivity contribution in [3.8, 4) is 0 Å². The highest BCUT2D eigenvalue weighted by atomic mass is 32.1. The third kappa shape index (κ3) is 2.14. The number of Topliss-reactive ketones (excluding diaryl/α,β-unsaturated/α-hetero) is 1. The summed E-state index contributed by atoms with van der Waals surface area (Å²) in [6.07, 6.45) is 4.93. The van der Waals surface area contributed by atoms with Gasteiger partial charge in [0.15, 0.2) is 5.78 Å². The topological polar surface area (TPSA) is 55.1 Å². The summed E-state index contributed by atoms with van der Waals surface area (Å²) in [5.74, 6) is 0.797.